The Labute approximate surface area is 110 Å². The highest BCUT2D eigenvalue weighted by Gasteiger charge is 2.10. The van der Waals surface area contributed by atoms with Gasteiger partial charge in [0.05, 0.1) is 16.4 Å². The average Bonchev–Trinajstić information content (AvgIpc) is 2.85. The third-order valence-electron chi connectivity index (χ3n) is 2.80. The van der Waals surface area contributed by atoms with Crippen molar-refractivity contribution >= 4 is 22.7 Å². The SMILES string of the molecule is Cc1cc(NCC(C)c2nccs2)c(N)cc1F. The highest BCUT2D eigenvalue weighted by Crippen LogP contribution is 2.24. The molecule has 1 heterocycles. The van der Waals surface area contributed by atoms with Crippen molar-refractivity contribution in [3.05, 3.63) is 40.1 Å². The van der Waals surface area contributed by atoms with E-state index in [0.717, 1.165) is 17.2 Å². The Kier molecular flexibility index (Phi) is 3.81. The summed E-state index contributed by atoms with van der Waals surface area (Å²) in [6.07, 6.45) is 1.80. The van der Waals surface area contributed by atoms with E-state index in [1.165, 1.54) is 6.07 Å². The number of nitrogens with two attached hydrogens (primary N) is 1. The van der Waals surface area contributed by atoms with Crippen LogP contribution in [0.5, 0.6) is 0 Å². The van der Waals surface area contributed by atoms with Gasteiger partial charge < -0.3 is 11.1 Å². The molecule has 2 aromatic rings. The van der Waals surface area contributed by atoms with Crippen molar-refractivity contribution in [1.82, 2.24) is 4.98 Å². The van der Waals surface area contributed by atoms with E-state index < -0.39 is 0 Å². The van der Waals surface area contributed by atoms with Gasteiger partial charge in [0, 0.05) is 24.0 Å². The topological polar surface area (TPSA) is 50.9 Å². The zero-order valence-electron chi connectivity index (χ0n) is 10.4. The van der Waals surface area contributed by atoms with E-state index in [1.807, 2.05) is 5.38 Å². The van der Waals surface area contributed by atoms with Crippen LogP contribution in [0.3, 0.4) is 0 Å². The molecule has 0 aliphatic heterocycles. The molecule has 5 heteroatoms. The molecule has 0 saturated carbocycles. The molecule has 96 valence electrons. The van der Waals surface area contributed by atoms with E-state index in [4.69, 9.17) is 5.73 Å². The lowest BCUT2D eigenvalue weighted by Crippen LogP contribution is -2.11. The quantitative estimate of drug-likeness (QED) is 0.833. The number of nitrogens with zero attached hydrogens (tertiary/aromatic N) is 1. The Morgan fingerprint density at radius 2 is 2.28 bits per heavy atom. The molecular weight excluding hydrogens is 249 g/mol. The molecule has 0 fully saturated rings. The monoisotopic (exact) mass is 265 g/mol. The number of thiazole rings is 1. The average molecular weight is 265 g/mol. The van der Waals surface area contributed by atoms with Crippen molar-refractivity contribution in [1.29, 1.82) is 0 Å². The molecule has 3 nitrogen and oxygen atoms in total. The smallest absolute Gasteiger partial charge is 0.128 e. The molecule has 3 N–H and O–H groups in total. The van der Waals surface area contributed by atoms with Gasteiger partial charge in [-0.25, -0.2) is 9.37 Å². The zero-order valence-corrected chi connectivity index (χ0v) is 11.2. The molecule has 18 heavy (non-hydrogen) atoms. The number of rotatable bonds is 4. The van der Waals surface area contributed by atoms with Crippen molar-refractivity contribution in [2.45, 2.75) is 19.8 Å². The Balaban J connectivity index is 2.04. The third kappa shape index (κ3) is 2.79. The zero-order chi connectivity index (χ0) is 13.1. The molecule has 1 aromatic heterocycles. The van der Waals surface area contributed by atoms with Gasteiger partial charge in [0.1, 0.15) is 5.82 Å². The van der Waals surface area contributed by atoms with Crippen LogP contribution in [0.15, 0.2) is 23.7 Å². The molecule has 0 bridgehead atoms. The Hall–Kier alpha value is -1.62. The minimum Gasteiger partial charge on any atom is -0.397 e. The molecule has 0 radical (unpaired) electrons. The summed E-state index contributed by atoms with van der Waals surface area (Å²) in [6.45, 7) is 4.55. The molecule has 2 rings (SSSR count). The van der Waals surface area contributed by atoms with Crippen molar-refractivity contribution in [3.63, 3.8) is 0 Å². The Bertz CT molecular complexity index is 525. The van der Waals surface area contributed by atoms with Gasteiger partial charge in [-0.3, -0.25) is 0 Å². The van der Waals surface area contributed by atoms with Crippen LogP contribution in [0.4, 0.5) is 15.8 Å². The lowest BCUT2D eigenvalue weighted by molar-refractivity contribution is 0.619. The van der Waals surface area contributed by atoms with E-state index in [1.54, 1.807) is 30.5 Å². The number of aromatic nitrogens is 1. The molecule has 1 atom stereocenters. The largest absolute Gasteiger partial charge is 0.397 e. The highest BCUT2D eigenvalue weighted by molar-refractivity contribution is 7.09. The number of hydrogen-bond acceptors (Lipinski definition) is 4. The molecule has 0 aliphatic rings. The second-order valence-corrected chi connectivity index (χ2v) is 5.27. The van der Waals surface area contributed by atoms with Crippen molar-refractivity contribution in [2.24, 2.45) is 0 Å². The second-order valence-electron chi connectivity index (χ2n) is 4.34. The van der Waals surface area contributed by atoms with Crippen LogP contribution in [0.2, 0.25) is 0 Å². The standard InChI is InChI=1S/C13H16FN3S/c1-8-5-12(11(15)6-10(8)14)17-7-9(2)13-16-3-4-18-13/h3-6,9,17H,7,15H2,1-2H3. The fourth-order valence-electron chi connectivity index (χ4n) is 1.68. The molecule has 0 aliphatic carbocycles. The normalized spacial score (nSPS) is 12.4. The first kappa shape index (κ1) is 12.8. The first-order valence-corrected chi connectivity index (χ1v) is 6.64. The minimum atomic E-state index is -0.272. The maximum Gasteiger partial charge on any atom is 0.128 e. The van der Waals surface area contributed by atoms with Crippen LogP contribution < -0.4 is 11.1 Å². The van der Waals surface area contributed by atoms with Crippen molar-refractivity contribution < 1.29 is 4.39 Å². The minimum absolute atomic E-state index is 0.272. The summed E-state index contributed by atoms with van der Waals surface area (Å²) in [5.41, 5.74) is 7.58. The summed E-state index contributed by atoms with van der Waals surface area (Å²) in [6, 6.07) is 3.09. The van der Waals surface area contributed by atoms with E-state index in [2.05, 4.69) is 17.2 Å². The molecular formula is C13H16FN3S. The maximum absolute atomic E-state index is 13.3. The van der Waals surface area contributed by atoms with Gasteiger partial charge in [0.25, 0.3) is 0 Å². The number of aryl methyl sites for hydroxylation is 1. The van der Waals surface area contributed by atoms with Gasteiger partial charge in [-0.2, -0.15) is 0 Å². The highest BCUT2D eigenvalue weighted by atomic mass is 32.1. The lowest BCUT2D eigenvalue weighted by Gasteiger charge is -2.14. The maximum atomic E-state index is 13.3. The predicted octanol–water partition coefficient (Wildman–Crippen LogP) is 3.39. The fraction of sp³-hybridized carbons (Fsp3) is 0.308. The molecule has 1 unspecified atom stereocenters. The first-order chi connectivity index (χ1) is 8.58. The van der Waals surface area contributed by atoms with Crippen LogP contribution in [0.1, 0.15) is 23.4 Å². The Morgan fingerprint density at radius 1 is 1.50 bits per heavy atom. The van der Waals surface area contributed by atoms with Crippen LogP contribution in [-0.2, 0) is 0 Å². The summed E-state index contributed by atoms with van der Waals surface area (Å²) in [4.78, 5) is 4.27. The first-order valence-electron chi connectivity index (χ1n) is 5.77. The van der Waals surface area contributed by atoms with Crippen LogP contribution >= 0.6 is 11.3 Å². The summed E-state index contributed by atoms with van der Waals surface area (Å²) in [5, 5.41) is 6.29. The fourth-order valence-corrected chi connectivity index (χ4v) is 2.38. The summed E-state index contributed by atoms with van der Waals surface area (Å²) >= 11 is 1.63. The lowest BCUT2D eigenvalue weighted by atomic mass is 10.1. The van der Waals surface area contributed by atoms with E-state index in [0.29, 0.717) is 17.2 Å². The van der Waals surface area contributed by atoms with Gasteiger partial charge >= 0.3 is 0 Å². The number of anilines is 2. The van der Waals surface area contributed by atoms with Crippen molar-refractivity contribution in [3.8, 4) is 0 Å². The van der Waals surface area contributed by atoms with Gasteiger partial charge in [0.2, 0.25) is 0 Å². The van der Waals surface area contributed by atoms with E-state index in [-0.39, 0.29) is 5.82 Å². The second kappa shape index (κ2) is 5.35. The van der Waals surface area contributed by atoms with Gasteiger partial charge in [-0.15, -0.1) is 11.3 Å². The number of halogens is 1. The summed E-state index contributed by atoms with van der Waals surface area (Å²) < 4.78 is 13.3. The van der Waals surface area contributed by atoms with Crippen LogP contribution in [0, 0.1) is 12.7 Å². The molecule has 1 aromatic carbocycles. The van der Waals surface area contributed by atoms with Gasteiger partial charge in [0.15, 0.2) is 0 Å². The molecule has 0 amide bonds. The number of hydrogen-bond donors (Lipinski definition) is 2. The van der Waals surface area contributed by atoms with Crippen LogP contribution in [-0.4, -0.2) is 11.5 Å². The summed E-state index contributed by atoms with van der Waals surface area (Å²) in [7, 11) is 0. The van der Waals surface area contributed by atoms with Crippen molar-refractivity contribution in [2.75, 3.05) is 17.6 Å². The van der Waals surface area contributed by atoms with Gasteiger partial charge in [-0.1, -0.05) is 6.92 Å². The van der Waals surface area contributed by atoms with Gasteiger partial charge in [-0.05, 0) is 24.6 Å². The molecule has 0 saturated heterocycles. The summed E-state index contributed by atoms with van der Waals surface area (Å²) in [5.74, 6) is 0.0285. The van der Waals surface area contributed by atoms with E-state index >= 15 is 0 Å². The number of nitrogen functional groups attached to an aromatic ring is 1. The third-order valence-corrected chi connectivity index (χ3v) is 3.81. The Morgan fingerprint density at radius 3 is 2.94 bits per heavy atom. The number of nitrogens with one attached hydrogen (secondary N) is 1. The predicted molar refractivity (Wildman–Crippen MR) is 74.6 cm³/mol. The van der Waals surface area contributed by atoms with E-state index in [9.17, 15) is 4.39 Å². The number of benzene rings is 1. The molecule has 0 spiro atoms. The van der Waals surface area contributed by atoms with Crippen LogP contribution in [0.25, 0.3) is 0 Å².